The van der Waals surface area contributed by atoms with Gasteiger partial charge in [-0.05, 0) is 0 Å². The van der Waals surface area contributed by atoms with E-state index in [-0.39, 0.29) is 62.2 Å². The molecule has 0 bridgehead atoms. The van der Waals surface area contributed by atoms with Crippen molar-refractivity contribution in [3.05, 3.63) is 31.5 Å². The van der Waals surface area contributed by atoms with E-state index in [1.807, 2.05) is 0 Å². The van der Waals surface area contributed by atoms with E-state index in [9.17, 15) is 0 Å². The fourth-order valence-corrected chi connectivity index (χ4v) is 4.51. The fraction of sp³-hybridized carbons (Fsp3) is 0.412. The summed E-state index contributed by atoms with van der Waals surface area (Å²) in [4.78, 5) is 7.82. The minimum Gasteiger partial charge on any atom is -0.493 e. The fourth-order valence-electron chi connectivity index (χ4n) is 2.01. The summed E-state index contributed by atoms with van der Waals surface area (Å²) in [5, 5.41) is 0.308. The molecule has 0 spiro atoms. The molecule has 0 aliphatic carbocycles. The van der Waals surface area contributed by atoms with Crippen molar-refractivity contribution < 1.29 is 18.9 Å². The number of ether oxygens (including phenoxy) is 4. The Morgan fingerprint density at radius 1 is 0.543 bits per heavy atom. The van der Waals surface area contributed by atoms with E-state index >= 15 is 0 Å². The molecule has 0 aromatic carbocycles. The lowest BCUT2D eigenvalue weighted by molar-refractivity contribution is 0.381. The molecule has 0 saturated heterocycles. The van der Waals surface area contributed by atoms with Crippen molar-refractivity contribution in [2.24, 2.45) is 0 Å². The van der Waals surface area contributed by atoms with Gasteiger partial charge in [-0.25, -0.2) is 9.97 Å². The van der Waals surface area contributed by atoms with Crippen LogP contribution in [0.3, 0.4) is 0 Å². The van der Waals surface area contributed by atoms with Crippen LogP contribution in [0.1, 0.15) is 18.8 Å². The van der Waals surface area contributed by atoms with Crippen LogP contribution in [0.2, 0.25) is 20.1 Å². The zero-order valence-corrected chi connectivity index (χ0v) is 28.9. The van der Waals surface area contributed by atoms with Crippen molar-refractivity contribution in [2.75, 3.05) is 28.4 Å². The maximum Gasteiger partial charge on any atom is 0.236 e. The monoisotopic (exact) mass is 916 g/mol. The summed E-state index contributed by atoms with van der Waals surface area (Å²) in [6, 6.07) is 0. The quantitative estimate of drug-likeness (QED) is 0.225. The molecule has 202 valence electrons. The predicted molar refractivity (Wildman–Crippen MR) is 168 cm³/mol. The van der Waals surface area contributed by atoms with Crippen LogP contribution >= 0.6 is 153 Å². The molecule has 2 heterocycles. The van der Waals surface area contributed by atoms with Crippen LogP contribution in [-0.4, -0.2) is 38.4 Å². The van der Waals surface area contributed by atoms with Gasteiger partial charge in [-0.15, -0.1) is 0 Å². The number of alkyl halides is 6. The first kappa shape index (κ1) is 39.0. The highest BCUT2D eigenvalue weighted by Crippen LogP contribution is 2.49. The Labute approximate surface area is 277 Å². The smallest absolute Gasteiger partial charge is 0.236 e. The molecule has 35 heavy (non-hydrogen) atoms. The lowest BCUT2D eigenvalue weighted by Crippen LogP contribution is -2.08. The second kappa shape index (κ2) is 17.5. The van der Waals surface area contributed by atoms with Crippen LogP contribution < -0.4 is 18.9 Å². The highest BCUT2D eigenvalue weighted by Gasteiger charge is 2.33. The number of methoxy groups -OCH3 is 4. The maximum atomic E-state index is 5.95. The summed E-state index contributed by atoms with van der Waals surface area (Å²) < 4.78 is 16.3. The molecular weight excluding hydrogens is 905 g/mol. The molecule has 0 unspecified atom stereocenters. The Kier molecular flexibility index (Phi) is 19.5. The Hall–Kier alpha value is 1.86. The molecular formula is C17H16Cl10I2N2O4. The number of rotatable bonds is 4. The molecule has 2 aromatic heterocycles. The van der Waals surface area contributed by atoms with E-state index in [0.717, 1.165) is 0 Å². The first-order valence-corrected chi connectivity index (χ1v) is 17.9. The largest absolute Gasteiger partial charge is 0.493 e. The Morgan fingerprint density at radius 2 is 0.800 bits per heavy atom. The van der Waals surface area contributed by atoms with Crippen LogP contribution in [0.5, 0.6) is 23.3 Å². The lowest BCUT2D eigenvalue weighted by atomic mass is 10.3. The molecule has 0 aliphatic rings. The maximum absolute atomic E-state index is 5.95. The number of nitrogens with zero attached hydrogens (tertiary/aromatic N) is 2. The van der Waals surface area contributed by atoms with E-state index < -0.39 is 7.59 Å². The minimum absolute atomic E-state index is 0. The van der Waals surface area contributed by atoms with Crippen LogP contribution in [-0.2, 0) is 7.59 Å². The van der Waals surface area contributed by atoms with Crippen molar-refractivity contribution in [2.45, 2.75) is 15.0 Å². The number of hydrogen-bond donors (Lipinski definition) is 0. The third kappa shape index (κ3) is 10.7. The molecule has 0 fully saturated rings. The van der Waals surface area contributed by atoms with Gasteiger partial charge < -0.3 is 18.9 Å². The molecule has 2 rings (SSSR count). The zero-order valence-electron chi connectivity index (χ0n) is 17.1. The van der Waals surface area contributed by atoms with Gasteiger partial charge in [0.15, 0.2) is 11.5 Å². The Morgan fingerprint density at radius 3 is 0.971 bits per heavy atom. The van der Waals surface area contributed by atoms with Gasteiger partial charge in [-0.3, -0.25) is 0 Å². The van der Waals surface area contributed by atoms with E-state index in [0.29, 0.717) is 0 Å². The Bertz CT molecular complexity index is 898. The predicted octanol–water partition coefficient (Wildman–Crippen LogP) is 10.9. The molecule has 6 nitrogen and oxygen atoms in total. The van der Waals surface area contributed by atoms with Gasteiger partial charge >= 0.3 is 0 Å². The average Bonchev–Trinajstić information content (AvgIpc) is 2.75. The molecule has 0 amide bonds. The van der Waals surface area contributed by atoms with Gasteiger partial charge in [0.2, 0.25) is 19.3 Å². The molecule has 0 saturated carbocycles. The van der Waals surface area contributed by atoms with Crippen molar-refractivity contribution in [1.82, 2.24) is 9.97 Å². The normalized spacial score (nSPS) is 10.6. The summed E-state index contributed by atoms with van der Waals surface area (Å²) >= 11 is 62.2. The van der Waals surface area contributed by atoms with Gasteiger partial charge in [0.25, 0.3) is 0 Å². The molecule has 0 radical (unpaired) electrons. The molecule has 0 atom stereocenters. The molecule has 2 aromatic rings. The van der Waals surface area contributed by atoms with E-state index in [4.69, 9.17) is 135 Å². The average molecular weight is 921 g/mol. The summed E-state index contributed by atoms with van der Waals surface area (Å²) in [7, 11) is 5.52. The molecule has 0 aliphatic heterocycles. The van der Waals surface area contributed by atoms with E-state index in [1.54, 1.807) is 0 Å². The summed E-state index contributed by atoms with van der Waals surface area (Å²) in [6.45, 7) is 0. The van der Waals surface area contributed by atoms with Gasteiger partial charge in [0.1, 0.15) is 31.5 Å². The van der Waals surface area contributed by atoms with Crippen molar-refractivity contribution in [3.8, 4) is 23.3 Å². The topological polar surface area (TPSA) is 62.7 Å². The van der Waals surface area contributed by atoms with Crippen molar-refractivity contribution in [3.63, 3.8) is 0 Å². The lowest BCUT2D eigenvalue weighted by Gasteiger charge is -2.17. The molecule has 18 heteroatoms. The standard InChI is InChI=1S/2C8H6Cl5NO2.CH4.I2/c2*1-15-5-3(9)6(8(11,12)13)14-7(16-2)4(5)10;;1-2/h2*1-2H3;1H4;. The SMILES string of the molecule is C.COc1nc(C(Cl)(Cl)Cl)c(Cl)c(OC)c1Cl.COc1nc(C(Cl)(Cl)Cl)c(Cl)c(OC)c1Cl.II. The summed E-state index contributed by atoms with van der Waals surface area (Å²) in [5.41, 5.74) is -0.00506. The number of aromatic nitrogens is 2. The molecule has 0 N–H and O–H groups in total. The Balaban J connectivity index is 0. The third-order valence-corrected chi connectivity index (χ3v) is 5.79. The second-order valence-electron chi connectivity index (χ2n) is 5.26. The van der Waals surface area contributed by atoms with Crippen molar-refractivity contribution >= 4 is 153 Å². The van der Waals surface area contributed by atoms with Gasteiger partial charge in [-0.2, -0.15) is 0 Å². The number of hydrogen-bond acceptors (Lipinski definition) is 6. The van der Waals surface area contributed by atoms with Crippen LogP contribution in [0.25, 0.3) is 0 Å². The van der Waals surface area contributed by atoms with Gasteiger partial charge in [0.05, 0.1) is 28.4 Å². The summed E-state index contributed by atoms with van der Waals surface area (Å²) in [6.07, 6.45) is 0. The highest BCUT2D eigenvalue weighted by molar-refractivity contribution is 15.0. The van der Waals surface area contributed by atoms with Gasteiger partial charge in [0, 0.05) is 37.2 Å². The van der Waals surface area contributed by atoms with Crippen LogP contribution in [0.4, 0.5) is 0 Å². The first-order chi connectivity index (χ1) is 15.6. The van der Waals surface area contributed by atoms with E-state index in [2.05, 4.69) is 47.2 Å². The van der Waals surface area contributed by atoms with Crippen LogP contribution in [0, 0.1) is 0 Å². The van der Waals surface area contributed by atoms with Crippen LogP contribution in [0.15, 0.2) is 0 Å². The minimum atomic E-state index is -1.79. The third-order valence-electron chi connectivity index (χ3n) is 3.35. The number of halogens is 12. The second-order valence-corrected chi connectivity index (χ2v) is 11.3. The highest BCUT2D eigenvalue weighted by atomic mass is 128. The first-order valence-electron chi connectivity index (χ1n) is 7.88. The van der Waals surface area contributed by atoms with E-state index in [1.165, 1.54) is 28.4 Å². The number of pyridine rings is 2. The summed E-state index contributed by atoms with van der Waals surface area (Å²) in [5.74, 6) is 0.446. The zero-order chi connectivity index (χ0) is 27.0. The van der Waals surface area contributed by atoms with Crippen molar-refractivity contribution in [1.29, 1.82) is 0 Å². The van der Waals surface area contributed by atoms with Gasteiger partial charge in [-0.1, -0.05) is 123 Å².